The summed E-state index contributed by atoms with van der Waals surface area (Å²) >= 11 is 6.46. The van der Waals surface area contributed by atoms with Crippen LogP contribution in [0.3, 0.4) is 0 Å². The third-order valence-electron chi connectivity index (χ3n) is 6.83. The minimum absolute atomic E-state index is 0.0140. The second-order valence-corrected chi connectivity index (χ2v) is 9.54. The number of halogens is 1. The largest absolute Gasteiger partial charge is 0.489 e. The summed E-state index contributed by atoms with van der Waals surface area (Å²) in [4.78, 5) is 33.4. The smallest absolute Gasteiger partial charge is 0.258 e. The fourth-order valence-corrected chi connectivity index (χ4v) is 5.01. The van der Waals surface area contributed by atoms with Crippen LogP contribution in [0.2, 0.25) is 0 Å². The molecule has 3 aliphatic rings. The highest BCUT2D eigenvalue weighted by molar-refractivity contribution is 6.32. The molecule has 0 N–H and O–H groups in total. The number of piperidine rings is 1. The second-order valence-electron chi connectivity index (χ2n) is 9.07. The van der Waals surface area contributed by atoms with E-state index < -0.39 is 0 Å². The number of carbonyl (C=O) groups excluding carboxylic acids is 2. The van der Waals surface area contributed by atoms with Gasteiger partial charge in [0, 0.05) is 44.1 Å². The highest BCUT2D eigenvalue weighted by Crippen LogP contribution is 2.39. The molecule has 2 aromatic rings. The summed E-state index contributed by atoms with van der Waals surface area (Å²) in [5.74, 6) is 1.41. The molecule has 3 aliphatic heterocycles. The SMILES string of the molecule is CC(=O)N1CCC(Oc2ccccc2C(=O)N2Cc3nn4c(c3C2)N=C(C)C(Cl)C4C)CC1. The molecule has 2 unspecified atom stereocenters. The second kappa shape index (κ2) is 8.48. The molecular formula is C24H28ClN5O3. The topological polar surface area (TPSA) is 80.0 Å². The Morgan fingerprint density at radius 3 is 2.58 bits per heavy atom. The molecular weight excluding hydrogens is 442 g/mol. The van der Waals surface area contributed by atoms with E-state index in [2.05, 4.69) is 4.99 Å². The Balaban J connectivity index is 1.32. The Hall–Kier alpha value is -2.87. The summed E-state index contributed by atoms with van der Waals surface area (Å²) in [6.45, 7) is 7.82. The molecule has 2 atom stereocenters. The van der Waals surface area contributed by atoms with Crippen LogP contribution in [0.15, 0.2) is 29.3 Å². The number of aliphatic imine (C=N–C) groups is 1. The normalized spacial score (nSPS) is 22.6. The van der Waals surface area contributed by atoms with Crippen molar-refractivity contribution in [3.8, 4) is 5.75 Å². The van der Waals surface area contributed by atoms with Crippen molar-refractivity contribution >= 4 is 34.9 Å². The van der Waals surface area contributed by atoms with Crippen molar-refractivity contribution in [1.29, 1.82) is 0 Å². The summed E-state index contributed by atoms with van der Waals surface area (Å²) in [6, 6.07) is 7.42. The molecule has 4 heterocycles. The fraction of sp³-hybridized carbons (Fsp3) is 0.500. The zero-order valence-electron chi connectivity index (χ0n) is 19.1. The lowest BCUT2D eigenvalue weighted by molar-refractivity contribution is -0.130. The number of rotatable bonds is 3. The minimum Gasteiger partial charge on any atom is -0.489 e. The van der Waals surface area contributed by atoms with Gasteiger partial charge in [0.25, 0.3) is 5.91 Å². The average molecular weight is 470 g/mol. The lowest BCUT2D eigenvalue weighted by Crippen LogP contribution is -2.40. The Bertz CT molecular complexity index is 1140. The number of para-hydroxylation sites is 1. The number of nitrogens with zero attached hydrogens (tertiary/aromatic N) is 5. The number of alkyl halides is 1. The average Bonchev–Trinajstić information content (AvgIpc) is 3.37. The van der Waals surface area contributed by atoms with Crippen LogP contribution in [0.4, 0.5) is 5.82 Å². The summed E-state index contributed by atoms with van der Waals surface area (Å²) < 4.78 is 8.13. The third-order valence-corrected chi connectivity index (χ3v) is 7.51. The minimum atomic E-state index is -0.179. The zero-order chi connectivity index (χ0) is 23.3. The summed E-state index contributed by atoms with van der Waals surface area (Å²) in [7, 11) is 0. The van der Waals surface area contributed by atoms with E-state index in [9.17, 15) is 9.59 Å². The van der Waals surface area contributed by atoms with Gasteiger partial charge in [-0.3, -0.25) is 9.59 Å². The molecule has 0 aliphatic carbocycles. The van der Waals surface area contributed by atoms with Crippen LogP contribution >= 0.6 is 11.6 Å². The number of amides is 2. The van der Waals surface area contributed by atoms with Crippen LogP contribution in [-0.2, 0) is 17.9 Å². The molecule has 0 radical (unpaired) electrons. The summed E-state index contributed by atoms with van der Waals surface area (Å²) in [6.07, 6.45) is 1.50. The van der Waals surface area contributed by atoms with Gasteiger partial charge in [0.15, 0.2) is 5.82 Å². The molecule has 0 bridgehead atoms. The van der Waals surface area contributed by atoms with Crippen molar-refractivity contribution in [3.05, 3.63) is 41.1 Å². The Kier molecular flexibility index (Phi) is 5.64. The van der Waals surface area contributed by atoms with Gasteiger partial charge >= 0.3 is 0 Å². The lowest BCUT2D eigenvalue weighted by Gasteiger charge is -2.32. The monoisotopic (exact) mass is 469 g/mol. The maximum atomic E-state index is 13.5. The van der Waals surface area contributed by atoms with Gasteiger partial charge in [-0.1, -0.05) is 12.1 Å². The number of carbonyl (C=O) groups is 2. The molecule has 174 valence electrons. The Morgan fingerprint density at radius 1 is 1.12 bits per heavy atom. The predicted octanol–water partition coefficient (Wildman–Crippen LogP) is 3.70. The third kappa shape index (κ3) is 3.90. The van der Waals surface area contributed by atoms with Gasteiger partial charge in [-0.2, -0.15) is 5.10 Å². The molecule has 2 amide bonds. The van der Waals surface area contributed by atoms with Crippen LogP contribution < -0.4 is 4.74 Å². The van der Waals surface area contributed by atoms with E-state index in [-0.39, 0.29) is 29.3 Å². The van der Waals surface area contributed by atoms with Gasteiger partial charge in [0.05, 0.1) is 35.8 Å². The van der Waals surface area contributed by atoms with Crippen molar-refractivity contribution in [3.63, 3.8) is 0 Å². The van der Waals surface area contributed by atoms with Crippen LogP contribution in [0.5, 0.6) is 5.75 Å². The first-order chi connectivity index (χ1) is 15.8. The van der Waals surface area contributed by atoms with Crippen LogP contribution in [0.25, 0.3) is 0 Å². The van der Waals surface area contributed by atoms with E-state index in [1.165, 1.54) is 0 Å². The number of ether oxygens (including phenoxy) is 1. The van der Waals surface area contributed by atoms with E-state index >= 15 is 0 Å². The van der Waals surface area contributed by atoms with Gasteiger partial charge in [-0.05, 0) is 26.0 Å². The quantitative estimate of drug-likeness (QED) is 0.642. The fourth-order valence-electron chi connectivity index (χ4n) is 4.85. The van der Waals surface area contributed by atoms with Crippen LogP contribution in [0, 0.1) is 0 Å². The molecule has 33 heavy (non-hydrogen) atoms. The molecule has 5 rings (SSSR count). The number of hydrogen-bond donors (Lipinski definition) is 0. The van der Waals surface area contributed by atoms with E-state index in [4.69, 9.17) is 21.4 Å². The number of likely N-dealkylation sites (tertiary alicyclic amines) is 1. The number of aromatic nitrogens is 2. The Labute approximate surface area is 198 Å². The first-order valence-electron chi connectivity index (χ1n) is 11.4. The van der Waals surface area contributed by atoms with Gasteiger partial charge in [0.1, 0.15) is 11.9 Å². The van der Waals surface area contributed by atoms with Gasteiger partial charge in [-0.15, -0.1) is 11.6 Å². The van der Waals surface area contributed by atoms with Gasteiger partial charge in [-0.25, -0.2) is 9.67 Å². The molecule has 8 nitrogen and oxygen atoms in total. The molecule has 1 aromatic carbocycles. The molecule has 9 heteroatoms. The standard InChI is InChI=1S/C24H28ClN5O3/c1-14-22(25)15(2)30-23(26-14)19-12-29(13-20(19)27-30)24(32)18-6-4-5-7-21(18)33-17-8-10-28(11-9-17)16(3)31/h4-7,15,17,22H,8-13H2,1-3H3. The zero-order valence-corrected chi connectivity index (χ0v) is 19.9. The van der Waals surface area contributed by atoms with Crippen molar-refractivity contribution in [1.82, 2.24) is 19.6 Å². The maximum absolute atomic E-state index is 13.5. The molecule has 1 saturated heterocycles. The highest BCUT2D eigenvalue weighted by Gasteiger charge is 2.36. The molecule has 1 aromatic heterocycles. The van der Waals surface area contributed by atoms with Gasteiger partial charge < -0.3 is 14.5 Å². The molecule has 1 fully saturated rings. The number of fused-ring (bicyclic) bond motifs is 3. The van der Waals surface area contributed by atoms with Crippen LogP contribution in [0.1, 0.15) is 61.3 Å². The lowest BCUT2D eigenvalue weighted by atomic mass is 10.1. The summed E-state index contributed by atoms with van der Waals surface area (Å²) in [5.41, 5.74) is 3.29. The van der Waals surface area contributed by atoms with E-state index in [0.29, 0.717) is 37.5 Å². The van der Waals surface area contributed by atoms with Crippen molar-refractivity contribution in [2.45, 2.75) is 64.2 Å². The van der Waals surface area contributed by atoms with Crippen molar-refractivity contribution in [2.24, 2.45) is 4.99 Å². The molecule has 0 spiro atoms. The van der Waals surface area contributed by atoms with E-state index in [1.807, 2.05) is 47.7 Å². The Morgan fingerprint density at radius 2 is 1.85 bits per heavy atom. The van der Waals surface area contributed by atoms with Crippen molar-refractivity contribution in [2.75, 3.05) is 13.1 Å². The first kappa shape index (κ1) is 21.9. The highest BCUT2D eigenvalue weighted by atomic mass is 35.5. The van der Waals surface area contributed by atoms with Gasteiger partial charge in [0.2, 0.25) is 5.91 Å². The van der Waals surface area contributed by atoms with Crippen LogP contribution in [-0.4, -0.2) is 61.7 Å². The van der Waals surface area contributed by atoms with E-state index in [0.717, 1.165) is 35.6 Å². The predicted molar refractivity (Wildman–Crippen MR) is 125 cm³/mol. The molecule has 0 saturated carbocycles. The number of hydrogen-bond acceptors (Lipinski definition) is 5. The first-order valence-corrected chi connectivity index (χ1v) is 11.9. The van der Waals surface area contributed by atoms with E-state index in [1.54, 1.807) is 11.8 Å². The number of benzene rings is 1. The summed E-state index contributed by atoms with van der Waals surface area (Å²) in [5, 5.41) is 4.55. The van der Waals surface area contributed by atoms with Crippen molar-refractivity contribution < 1.29 is 14.3 Å². The maximum Gasteiger partial charge on any atom is 0.258 e.